The van der Waals surface area contributed by atoms with Crippen molar-refractivity contribution in [2.24, 2.45) is 0 Å². The van der Waals surface area contributed by atoms with Crippen LogP contribution in [0.1, 0.15) is 47.2 Å². The molecule has 194 valence electrons. The van der Waals surface area contributed by atoms with Crippen LogP contribution in [0.25, 0.3) is 22.3 Å². The van der Waals surface area contributed by atoms with E-state index >= 15 is 0 Å². The second kappa shape index (κ2) is 11.6. The number of hydrogen-bond donors (Lipinski definition) is 1. The molecule has 5 rings (SSSR count). The number of nitrogens with one attached hydrogen (secondary N) is 1. The average Bonchev–Trinajstić information content (AvgIpc) is 3.30. The maximum absolute atomic E-state index is 12.5. The van der Waals surface area contributed by atoms with Gasteiger partial charge in [-0.25, -0.2) is 14.3 Å². The van der Waals surface area contributed by atoms with Crippen LogP contribution in [0.4, 0.5) is 5.00 Å². The average molecular weight is 548 g/mol. The third-order valence-corrected chi connectivity index (χ3v) is 7.62. The molecule has 3 heterocycles. The SMILES string of the molecule is CCOC(=O)c1c(C2CC2)csc1NC(=O)COC(=O)/C=C/c1cn(-c2ccccc2)nc1-c1cccs1. The van der Waals surface area contributed by atoms with Crippen LogP contribution in [-0.2, 0) is 19.1 Å². The number of carbonyl (C=O) groups is 3. The van der Waals surface area contributed by atoms with E-state index in [9.17, 15) is 14.4 Å². The van der Waals surface area contributed by atoms with Crippen molar-refractivity contribution in [1.82, 2.24) is 9.78 Å². The van der Waals surface area contributed by atoms with E-state index in [0.29, 0.717) is 16.5 Å². The second-order valence-corrected chi connectivity index (χ2v) is 10.4. The Balaban J connectivity index is 1.24. The maximum atomic E-state index is 12.5. The Labute approximate surface area is 227 Å². The summed E-state index contributed by atoms with van der Waals surface area (Å²) < 4.78 is 12.1. The fraction of sp³-hybridized carbons (Fsp3) is 0.214. The second-order valence-electron chi connectivity index (χ2n) is 8.57. The molecule has 1 N–H and O–H groups in total. The number of anilines is 1. The molecule has 8 nitrogen and oxygen atoms in total. The molecule has 1 aliphatic rings. The van der Waals surface area contributed by atoms with E-state index in [-0.39, 0.29) is 6.61 Å². The molecule has 1 fully saturated rings. The van der Waals surface area contributed by atoms with Gasteiger partial charge in [0.15, 0.2) is 6.61 Å². The lowest BCUT2D eigenvalue weighted by Crippen LogP contribution is -2.21. The van der Waals surface area contributed by atoms with Gasteiger partial charge >= 0.3 is 11.9 Å². The Hall–Kier alpha value is -4.02. The smallest absolute Gasteiger partial charge is 0.341 e. The zero-order valence-corrected chi connectivity index (χ0v) is 22.2. The highest BCUT2D eigenvalue weighted by atomic mass is 32.1. The summed E-state index contributed by atoms with van der Waals surface area (Å²) in [4.78, 5) is 38.4. The van der Waals surface area contributed by atoms with Gasteiger partial charge in [0, 0.05) is 17.8 Å². The van der Waals surface area contributed by atoms with Crippen LogP contribution in [0.2, 0.25) is 0 Å². The van der Waals surface area contributed by atoms with Gasteiger partial charge in [0.05, 0.1) is 22.7 Å². The molecule has 4 aromatic rings. The van der Waals surface area contributed by atoms with E-state index in [0.717, 1.165) is 40.2 Å². The predicted molar refractivity (Wildman–Crippen MR) is 148 cm³/mol. The Morgan fingerprint density at radius 1 is 1.11 bits per heavy atom. The van der Waals surface area contributed by atoms with E-state index in [1.54, 1.807) is 29.0 Å². The van der Waals surface area contributed by atoms with Crippen molar-refractivity contribution in [3.05, 3.63) is 82.2 Å². The summed E-state index contributed by atoms with van der Waals surface area (Å²) in [5, 5.41) is 11.7. The fourth-order valence-electron chi connectivity index (χ4n) is 3.90. The Morgan fingerprint density at radius 2 is 1.92 bits per heavy atom. The van der Waals surface area contributed by atoms with Gasteiger partial charge in [0.25, 0.3) is 5.91 Å². The van der Waals surface area contributed by atoms with Crippen LogP contribution in [0.3, 0.4) is 0 Å². The molecule has 3 aromatic heterocycles. The number of aromatic nitrogens is 2. The molecule has 0 bridgehead atoms. The monoisotopic (exact) mass is 547 g/mol. The first-order chi connectivity index (χ1) is 18.5. The standard InChI is InChI=1S/C28H25N3O5S2/c1-2-35-28(34)25-21(18-10-11-18)17-38-27(25)29-23(32)16-36-24(33)13-12-19-15-31(20-7-4-3-5-8-20)30-26(19)22-9-6-14-37-22/h3-9,12-15,17-18H,2,10-11,16H2,1H3,(H,29,32)/b13-12+. The van der Waals surface area contributed by atoms with Crippen LogP contribution in [0.5, 0.6) is 0 Å². The van der Waals surface area contributed by atoms with E-state index in [4.69, 9.17) is 14.6 Å². The van der Waals surface area contributed by atoms with E-state index in [1.807, 2.05) is 59.4 Å². The third-order valence-electron chi connectivity index (χ3n) is 5.83. The first kappa shape index (κ1) is 25.6. The first-order valence-electron chi connectivity index (χ1n) is 12.2. The summed E-state index contributed by atoms with van der Waals surface area (Å²) in [5.74, 6) is -1.33. The summed E-state index contributed by atoms with van der Waals surface area (Å²) in [6, 6.07) is 13.6. The van der Waals surface area contributed by atoms with Gasteiger partial charge in [-0.1, -0.05) is 24.3 Å². The molecule has 1 aliphatic carbocycles. The molecule has 10 heteroatoms. The molecule has 0 radical (unpaired) electrons. The van der Waals surface area contributed by atoms with Gasteiger partial charge in [-0.2, -0.15) is 5.10 Å². The lowest BCUT2D eigenvalue weighted by molar-refractivity contribution is -0.142. The number of thiophene rings is 2. The molecular formula is C28H25N3O5S2. The van der Waals surface area contributed by atoms with E-state index in [2.05, 4.69) is 5.32 Å². The van der Waals surface area contributed by atoms with Crippen molar-refractivity contribution in [3.63, 3.8) is 0 Å². The van der Waals surface area contributed by atoms with Gasteiger partial charge in [0.2, 0.25) is 0 Å². The van der Waals surface area contributed by atoms with Crippen LogP contribution in [-0.4, -0.2) is 40.8 Å². The molecule has 0 aliphatic heterocycles. The molecule has 38 heavy (non-hydrogen) atoms. The first-order valence-corrected chi connectivity index (χ1v) is 13.9. The number of para-hydroxylation sites is 1. The molecule has 1 amide bonds. The molecule has 0 unspecified atom stereocenters. The van der Waals surface area contributed by atoms with Crippen LogP contribution in [0.15, 0.2) is 65.5 Å². The highest BCUT2D eigenvalue weighted by molar-refractivity contribution is 7.15. The lowest BCUT2D eigenvalue weighted by Gasteiger charge is -2.08. The molecule has 0 atom stereocenters. The minimum atomic E-state index is -0.666. The molecular weight excluding hydrogens is 522 g/mol. The number of amides is 1. The van der Waals surface area contributed by atoms with Gasteiger partial charge < -0.3 is 14.8 Å². The van der Waals surface area contributed by atoms with Crippen molar-refractivity contribution in [2.75, 3.05) is 18.5 Å². The lowest BCUT2D eigenvalue weighted by atomic mass is 10.1. The quantitative estimate of drug-likeness (QED) is 0.196. The molecule has 0 spiro atoms. The van der Waals surface area contributed by atoms with Crippen molar-refractivity contribution in [2.45, 2.75) is 25.7 Å². The largest absolute Gasteiger partial charge is 0.462 e. The maximum Gasteiger partial charge on any atom is 0.341 e. The molecule has 1 aromatic carbocycles. The van der Waals surface area contributed by atoms with Crippen LogP contribution >= 0.6 is 22.7 Å². The molecule has 0 saturated heterocycles. The van der Waals surface area contributed by atoms with Crippen LogP contribution in [0, 0.1) is 0 Å². The summed E-state index contributed by atoms with van der Waals surface area (Å²) in [5.41, 5.74) is 3.67. The highest BCUT2D eigenvalue weighted by Crippen LogP contribution is 2.46. The normalized spacial score (nSPS) is 13.0. The van der Waals surface area contributed by atoms with Crippen LogP contribution < -0.4 is 5.32 Å². The van der Waals surface area contributed by atoms with Gasteiger partial charge in [-0.05, 0) is 66.3 Å². The Morgan fingerprint density at radius 3 is 2.63 bits per heavy atom. The summed E-state index contributed by atoms with van der Waals surface area (Å²) in [6.45, 7) is 1.50. The van der Waals surface area contributed by atoms with Crippen molar-refractivity contribution in [3.8, 4) is 16.3 Å². The summed E-state index contributed by atoms with van der Waals surface area (Å²) in [6.07, 6.45) is 6.77. The number of carbonyl (C=O) groups excluding carboxylic acids is 3. The third kappa shape index (κ3) is 5.92. The van der Waals surface area contributed by atoms with Gasteiger partial charge in [0.1, 0.15) is 10.7 Å². The van der Waals surface area contributed by atoms with Crippen molar-refractivity contribution < 1.29 is 23.9 Å². The number of hydrogen-bond acceptors (Lipinski definition) is 8. The minimum absolute atomic E-state index is 0.245. The highest BCUT2D eigenvalue weighted by Gasteiger charge is 2.32. The fourth-order valence-corrected chi connectivity index (χ4v) is 5.68. The summed E-state index contributed by atoms with van der Waals surface area (Å²) in [7, 11) is 0. The Bertz CT molecular complexity index is 1470. The number of esters is 2. The van der Waals surface area contributed by atoms with Crippen molar-refractivity contribution in [1.29, 1.82) is 0 Å². The van der Waals surface area contributed by atoms with E-state index in [1.165, 1.54) is 17.4 Å². The van der Waals surface area contributed by atoms with Crippen molar-refractivity contribution >= 4 is 51.6 Å². The number of benzene rings is 1. The molecule has 1 saturated carbocycles. The van der Waals surface area contributed by atoms with Gasteiger partial charge in [-0.3, -0.25) is 4.79 Å². The summed E-state index contributed by atoms with van der Waals surface area (Å²) >= 11 is 2.82. The zero-order chi connectivity index (χ0) is 26.5. The Kier molecular flexibility index (Phi) is 7.81. The number of ether oxygens (including phenoxy) is 2. The van der Waals surface area contributed by atoms with E-state index < -0.39 is 24.5 Å². The topological polar surface area (TPSA) is 99.5 Å². The number of nitrogens with zero attached hydrogens (tertiary/aromatic N) is 2. The minimum Gasteiger partial charge on any atom is -0.462 e. The predicted octanol–water partition coefficient (Wildman–Crippen LogP) is 5.91. The van der Waals surface area contributed by atoms with Gasteiger partial charge in [-0.15, -0.1) is 22.7 Å². The zero-order valence-electron chi connectivity index (χ0n) is 20.6. The number of rotatable bonds is 10.